The summed E-state index contributed by atoms with van der Waals surface area (Å²) in [5.41, 5.74) is 0.989. The lowest BCUT2D eigenvalue weighted by Crippen LogP contribution is -2.23. The standard InChI is InChI=1S/C14H18N6OS/c1-8(2)12-16-11(18-21-12)10-5-4-6-19(10)14-17-20-7-9(3)15-13(20)22-14/h7-8,10H,4-6H2,1-3H3/t10-/m0/s1. The summed E-state index contributed by atoms with van der Waals surface area (Å²) >= 11 is 1.61. The summed E-state index contributed by atoms with van der Waals surface area (Å²) in [6.45, 7) is 7.06. The molecule has 0 amide bonds. The molecule has 0 bridgehead atoms. The van der Waals surface area contributed by atoms with E-state index in [4.69, 9.17) is 4.52 Å². The molecule has 3 aromatic rings. The van der Waals surface area contributed by atoms with Gasteiger partial charge in [-0.3, -0.25) is 0 Å². The Morgan fingerprint density at radius 2 is 2.23 bits per heavy atom. The second-order valence-corrected chi connectivity index (χ2v) is 6.93. The van der Waals surface area contributed by atoms with Gasteiger partial charge in [0.1, 0.15) is 0 Å². The molecule has 0 aliphatic carbocycles. The Hall–Kier alpha value is -1.96. The smallest absolute Gasteiger partial charge is 0.229 e. The van der Waals surface area contributed by atoms with E-state index in [2.05, 4.69) is 39.0 Å². The lowest BCUT2D eigenvalue weighted by atomic mass is 10.2. The van der Waals surface area contributed by atoms with E-state index in [1.165, 1.54) is 0 Å². The summed E-state index contributed by atoms with van der Waals surface area (Å²) in [6, 6.07) is 0.146. The van der Waals surface area contributed by atoms with Gasteiger partial charge in [-0.05, 0) is 19.8 Å². The first-order valence-corrected chi connectivity index (χ1v) is 8.36. The molecule has 4 rings (SSSR count). The second kappa shape index (κ2) is 5.05. The van der Waals surface area contributed by atoms with Crippen LogP contribution in [0.2, 0.25) is 0 Å². The first kappa shape index (κ1) is 13.7. The molecular formula is C14H18N6OS. The number of hydrogen-bond acceptors (Lipinski definition) is 7. The second-order valence-electron chi connectivity index (χ2n) is 5.99. The summed E-state index contributed by atoms with van der Waals surface area (Å²) in [5.74, 6) is 1.72. The zero-order valence-corrected chi connectivity index (χ0v) is 13.7. The van der Waals surface area contributed by atoms with Crippen molar-refractivity contribution in [2.45, 2.75) is 45.6 Å². The number of imidazole rings is 1. The van der Waals surface area contributed by atoms with Gasteiger partial charge in [0.2, 0.25) is 16.0 Å². The van der Waals surface area contributed by atoms with Crippen molar-refractivity contribution in [2.24, 2.45) is 0 Å². The van der Waals surface area contributed by atoms with Crippen LogP contribution < -0.4 is 4.90 Å². The number of rotatable bonds is 3. The Morgan fingerprint density at radius 3 is 2.95 bits per heavy atom. The fraction of sp³-hybridized carbons (Fsp3) is 0.571. The molecule has 7 nitrogen and oxygen atoms in total. The minimum atomic E-state index is 0.146. The van der Waals surface area contributed by atoms with E-state index in [9.17, 15) is 0 Å². The molecule has 8 heteroatoms. The Kier molecular flexibility index (Phi) is 3.14. The van der Waals surface area contributed by atoms with Crippen molar-refractivity contribution in [3.05, 3.63) is 23.6 Å². The van der Waals surface area contributed by atoms with Crippen LogP contribution in [0, 0.1) is 6.92 Å². The van der Waals surface area contributed by atoms with Crippen LogP contribution in [0.3, 0.4) is 0 Å². The maximum atomic E-state index is 5.36. The molecule has 3 aromatic heterocycles. The molecule has 1 atom stereocenters. The molecular weight excluding hydrogens is 300 g/mol. The number of nitrogens with zero attached hydrogens (tertiary/aromatic N) is 6. The van der Waals surface area contributed by atoms with Gasteiger partial charge in [-0.2, -0.15) is 4.98 Å². The van der Waals surface area contributed by atoms with E-state index in [0.29, 0.717) is 5.89 Å². The van der Waals surface area contributed by atoms with Gasteiger partial charge in [-0.1, -0.05) is 30.3 Å². The van der Waals surface area contributed by atoms with E-state index in [1.807, 2.05) is 17.6 Å². The van der Waals surface area contributed by atoms with Crippen LogP contribution in [0.1, 0.15) is 56.1 Å². The Morgan fingerprint density at radius 1 is 1.36 bits per heavy atom. The molecule has 0 unspecified atom stereocenters. The van der Waals surface area contributed by atoms with Gasteiger partial charge in [0.05, 0.1) is 17.9 Å². The summed E-state index contributed by atoms with van der Waals surface area (Å²) in [4.78, 5) is 12.2. The third-order valence-corrected chi connectivity index (χ3v) is 4.86. The number of aryl methyl sites for hydroxylation is 1. The monoisotopic (exact) mass is 318 g/mol. The van der Waals surface area contributed by atoms with Gasteiger partial charge in [0.15, 0.2) is 5.82 Å². The van der Waals surface area contributed by atoms with E-state index in [0.717, 1.165) is 41.0 Å². The van der Waals surface area contributed by atoms with Crippen molar-refractivity contribution in [3.8, 4) is 0 Å². The SMILES string of the molecule is Cc1cn2nc(N3CCC[C@H]3c3noc(C(C)C)n3)sc2n1. The van der Waals surface area contributed by atoms with Gasteiger partial charge in [-0.15, -0.1) is 5.10 Å². The van der Waals surface area contributed by atoms with Crippen molar-refractivity contribution in [3.63, 3.8) is 0 Å². The molecule has 0 N–H and O–H groups in total. The number of anilines is 1. The van der Waals surface area contributed by atoms with Crippen LogP contribution in [0.4, 0.5) is 5.13 Å². The molecule has 1 saturated heterocycles. The number of hydrogen-bond donors (Lipinski definition) is 0. The minimum absolute atomic E-state index is 0.146. The van der Waals surface area contributed by atoms with E-state index >= 15 is 0 Å². The average Bonchev–Trinajstić information content (AvgIpc) is 3.19. The van der Waals surface area contributed by atoms with E-state index in [1.54, 1.807) is 11.3 Å². The third kappa shape index (κ3) is 2.18. The Labute approximate surface area is 132 Å². The minimum Gasteiger partial charge on any atom is -0.339 e. The first-order valence-electron chi connectivity index (χ1n) is 7.55. The highest BCUT2D eigenvalue weighted by atomic mass is 32.1. The largest absolute Gasteiger partial charge is 0.339 e. The summed E-state index contributed by atoms with van der Waals surface area (Å²) in [5, 5.41) is 9.80. The third-order valence-electron chi connectivity index (χ3n) is 3.90. The predicted molar refractivity (Wildman–Crippen MR) is 83.3 cm³/mol. The lowest BCUT2D eigenvalue weighted by Gasteiger charge is -2.20. The molecule has 0 aromatic carbocycles. The molecule has 22 heavy (non-hydrogen) atoms. The van der Waals surface area contributed by atoms with Gasteiger partial charge in [0, 0.05) is 12.5 Å². The van der Waals surface area contributed by atoms with Gasteiger partial charge < -0.3 is 9.42 Å². The normalized spacial score (nSPS) is 18.9. The van der Waals surface area contributed by atoms with E-state index < -0.39 is 0 Å². The predicted octanol–water partition coefficient (Wildman–Crippen LogP) is 2.95. The molecule has 0 spiro atoms. The molecule has 1 fully saturated rings. The highest BCUT2D eigenvalue weighted by Gasteiger charge is 2.32. The van der Waals surface area contributed by atoms with Crippen molar-refractivity contribution < 1.29 is 4.52 Å². The molecule has 1 aliphatic heterocycles. The Bertz CT molecular complexity index is 772. The quantitative estimate of drug-likeness (QED) is 0.739. The van der Waals surface area contributed by atoms with Crippen LogP contribution in [-0.4, -0.2) is 31.3 Å². The molecule has 0 radical (unpaired) electrons. The van der Waals surface area contributed by atoms with Crippen molar-refractivity contribution in [1.82, 2.24) is 24.7 Å². The van der Waals surface area contributed by atoms with Crippen LogP contribution in [0.15, 0.2) is 10.7 Å². The van der Waals surface area contributed by atoms with E-state index in [-0.39, 0.29) is 12.0 Å². The van der Waals surface area contributed by atoms with Crippen LogP contribution >= 0.6 is 11.3 Å². The van der Waals surface area contributed by atoms with Crippen molar-refractivity contribution in [2.75, 3.05) is 11.4 Å². The van der Waals surface area contributed by atoms with Crippen LogP contribution in [-0.2, 0) is 0 Å². The zero-order chi connectivity index (χ0) is 15.3. The van der Waals surface area contributed by atoms with Crippen molar-refractivity contribution >= 4 is 21.4 Å². The maximum absolute atomic E-state index is 5.36. The maximum Gasteiger partial charge on any atom is 0.229 e. The average molecular weight is 318 g/mol. The van der Waals surface area contributed by atoms with Crippen LogP contribution in [0.5, 0.6) is 0 Å². The van der Waals surface area contributed by atoms with Gasteiger partial charge in [-0.25, -0.2) is 9.50 Å². The summed E-state index contributed by atoms with van der Waals surface area (Å²) in [7, 11) is 0. The van der Waals surface area contributed by atoms with Crippen LogP contribution in [0.25, 0.3) is 4.96 Å². The number of aromatic nitrogens is 5. The topological polar surface area (TPSA) is 72.3 Å². The number of fused-ring (bicyclic) bond motifs is 1. The fourth-order valence-electron chi connectivity index (χ4n) is 2.80. The molecule has 4 heterocycles. The Balaban J connectivity index is 1.65. The highest BCUT2D eigenvalue weighted by Crippen LogP contribution is 2.37. The molecule has 116 valence electrons. The van der Waals surface area contributed by atoms with Gasteiger partial charge >= 0.3 is 0 Å². The highest BCUT2D eigenvalue weighted by molar-refractivity contribution is 7.20. The summed E-state index contributed by atoms with van der Waals surface area (Å²) in [6.07, 6.45) is 4.08. The van der Waals surface area contributed by atoms with Gasteiger partial charge in [0.25, 0.3) is 0 Å². The zero-order valence-electron chi connectivity index (χ0n) is 12.9. The summed E-state index contributed by atoms with van der Waals surface area (Å²) < 4.78 is 7.21. The molecule has 0 saturated carbocycles. The first-order chi connectivity index (χ1) is 10.6. The molecule has 1 aliphatic rings. The lowest BCUT2D eigenvalue weighted by molar-refractivity contribution is 0.358. The fourth-order valence-corrected chi connectivity index (χ4v) is 3.80. The van der Waals surface area contributed by atoms with Crippen molar-refractivity contribution in [1.29, 1.82) is 0 Å².